The number of nitrogens with one attached hydrogen (secondary N) is 2. The van der Waals surface area contributed by atoms with Gasteiger partial charge in [0.25, 0.3) is 5.91 Å². The van der Waals surface area contributed by atoms with Crippen LogP contribution in [0.3, 0.4) is 0 Å². The fourth-order valence-electron chi connectivity index (χ4n) is 2.02. The summed E-state index contributed by atoms with van der Waals surface area (Å²) in [5, 5.41) is 9.77. The van der Waals surface area contributed by atoms with Crippen molar-refractivity contribution in [1.29, 1.82) is 0 Å². The smallest absolute Gasteiger partial charge is 0.277 e. The van der Waals surface area contributed by atoms with Crippen molar-refractivity contribution in [2.75, 3.05) is 5.32 Å². The molecule has 0 saturated heterocycles. The van der Waals surface area contributed by atoms with E-state index in [0.717, 1.165) is 11.2 Å². The molecule has 112 valence electrons. The van der Waals surface area contributed by atoms with E-state index in [1.54, 1.807) is 0 Å². The number of aromatic nitrogens is 4. The number of H-pyrrole nitrogens is 1. The van der Waals surface area contributed by atoms with Gasteiger partial charge in [0.15, 0.2) is 5.82 Å². The molecule has 6 heteroatoms. The van der Waals surface area contributed by atoms with Crippen LogP contribution < -0.4 is 5.32 Å². The predicted molar refractivity (Wildman–Crippen MR) is 84.8 cm³/mol. The number of hydrogen-bond acceptors (Lipinski definition) is 4. The van der Waals surface area contributed by atoms with Crippen molar-refractivity contribution in [3.05, 3.63) is 47.9 Å². The largest absolute Gasteiger partial charge is 0.304 e. The third kappa shape index (κ3) is 2.81. The Kier molecular flexibility index (Phi) is 3.36. The molecule has 22 heavy (non-hydrogen) atoms. The molecule has 0 spiro atoms. The summed E-state index contributed by atoms with van der Waals surface area (Å²) < 4.78 is 0. The predicted octanol–water partition coefficient (Wildman–Crippen LogP) is 2.90. The summed E-state index contributed by atoms with van der Waals surface area (Å²) in [5.41, 5.74) is 2.60. The number of benzene rings is 1. The molecular weight excluding hydrogens is 278 g/mol. The highest BCUT2D eigenvalue weighted by Crippen LogP contribution is 2.22. The minimum absolute atomic E-state index is 0.0568. The molecule has 1 amide bonds. The van der Waals surface area contributed by atoms with Gasteiger partial charge in [0.05, 0.1) is 17.2 Å². The third-order valence-electron chi connectivity index (χ3n) is 3.31. The van der Waals surface area contributed by atoms with Gasteiger partial charge in [-0.25, -0.2) is 4.98 Å². The number of fused-ring (bicyclic) bond motifs is 1. The highest BCUT2D eigenvalue weighted by Gasteiger charge is 2.18. The van der Waals surface area contributed by atoms with Gasteiger partial charge in [-0.2, -0.15) is 5.10 Å². The van der Waals surface area contributed by atoms with Crippen molar-refractivity contribution in [2.45, 2.75) is 26.2 Å². The van der Waals surface area contributed by atoms with Crippen LogP contribution in [0.25, 0.3) is 11.0 Å². The summed E-state index contributed by atoms with van der Waals surface area (Å²) >= 11 is 0. The van der Waals surface area contributed by atoms with Gasteiger partial charge in [-0.3, -0.25) is 14.9 Å². The van der Waals surface area contributed by atoms with Crippen LogP contribution in [-0.2, 0) is 5.41 Å². The summed E-state index contributed by atoms with van der Waals surface area (Å²) in [6, 6.07) is 9.25. The zero-order valence-corrected chi connectivity index (χ0v) is 12.7. The number of para-hydroxylation sites is 2. The molecule has 0 unspecified atom stereocenters. The minimum atomic E-state index is -0.329. The van der Waals surface area contributed by atoms with Crippen LogP contribution in [-0.4, -0.2) is 26.1 Å². The van der Waals surface area contributed by atoms with E-state index in [1.165, 1.54) is 6.20 Å². The van der Waals surface area contributed by atoms with E-state index >= 15 is 0 Å². The molecule has 0 aliphatic carbocycles. The highest BCUT2D eigenvalue weighted by molar-refractivity contribution is 6.03. The Balaban J connectivity index is 1.82. The Morgan fingerprint density at radius 3 is 2.59 bits per heavy atom. The lowest BCUT2D eigenvalue weighted by atomic mass is 9.92. The van der Waals surface area contributed by atoms with Gasteiger partial charge in [-0.1, -0.05) is 32.9 Å². The van der Waals surface area contributed by atoms with E-state index in [2.05, 4.69) is 46.3 Å². The molecule has 2 heterocycles. The van der Waals surface area contributed by atoms with E-state index in [4.69, 9.17) is 0 Å². The summed E-state index contributed by atoms with van der Waals surface area (Å²) in [4.78, 5) is 20.8. The lowest BCUT2D eigenvalue weighted by molar-refractivity contribution is 0.102. The third-order valence-corrected chi connectivity index (χ3v) is 3.31. The molecule has 6 nitrogen and oxygen atoms in total. The molecule has 0 atom stereocenters. The Morgan fingerprint density at radius 1 is 1.18 bits per heavy atom. The van der Waals surface area contributed by atoms with Gasteiger partial charge in [0.2, 0.25) is 0 Å². The molecule has 2 N–H and O–H groups in total. The van der Waals surface area contributed by atoms with E-state index in [9.17, 15) is 4.79 Å². The molecule has 0 aliphatic rings. The molecule has 3 aromatic rings. The van der Waals surface area contributed by atoms with E-state index in [0.29, 0.717) is 11.3 Å². The van der Waals surface area contributed by atoms with Gasteiger partial charge >= 0.3 is 0 Å². The number of rotatable bonds is 2. The van der Waals surface area contributed by atoms with Crippen molar-refractivity contribution >= 4 is 22.8 Å². The topological polar surface area (TPSA) is 83.6 Å². The first-order valence-corrected chi connectivity index (χ1v) is 7.02. The summed E-state index contributed by atoms with van der Waals surface area (Å²) in [6.07, 6.45) is 1.47. The zero-order valence-electron chi connectivity index (χ0n) is 12.7. The van der Waals surface area contributed by atoms with E-state index in [1.807, 2.05) is 30.3 Å². The van der Waals surface area contributed by atoms with Gasteiger partial charge in [-0.05, 0) is 12.1 Å². The van der Waals surface area contributed by atoms with Crippen LogP contribution in [0.15, 0.2) is 36.5 Å². The Hall–Kier alpha value is -2.76. The van der Waals surface area contributed by atoms with Crippen LogP contribution >= 0.6 is 0 Å². The van der Waals surface area contributed by atoms with Crippen LogP contribution in [0.5, 0.6) is 0 Å². The maximum Gasteiger partial charge on any atom is 0.277 e. The standard InChI is InChI=1S/C16H17N5O/c1-16(2,3)13-8-14(21-20-13)19-15(22)12-9-17-10-6-4-5-7-11(10)18-12/h4-9H,1-3H3,(H2,19,20,21,22). The van der Waals surface area contributed by atoms with Gasteiger partial charge in [0.1, 0.15) is 5.69 Å². The molecule has 3 rings (SSSR count). The van der Waals surface area contributed by atoms with Gasteiger partial charge < -0.3 is 5.32 Å². The molecule has 0 aliphatic heterocycles. The molecular formula is C16H17N5O. The first-order chi connectivity index (χ1) is 10.4. The van der Waals surface area contributed by atoms with Crippen LogP contribution in [0.4, 0.5) is 5.82 Å². The summed E-state index contributed by atoms with van der Waals surface area (Å²) in [6.45, 7) is 6.21. The lowest BCUT2D eigenvalue weighted by Crippen LogP contribution is -2.14. The van der Waals surface area contributed by atoms with Crippen molar-refractivity contribution in [2.24, 2.45) is 0 Å². The number of nitrogens with zero attached hydrogens (tertiary/aromatic N) is 3. The van der Waals surface area contributed by atoms with Crippen LogP contribution in [0.2, 0.25) is 0 Å². The van der Waals surface area contributed by atoms with Crippen molar-refractivity contribution in [3.63, 3.8) is 0 Å². The van der Waals surface area contributed by atoms with E-state index in [-0.39, 0.29) is 17.0 Å². The Morgan fingerprint density at radius 2 is 1.91 bits per heavy atom. The molecule has 2 aromatic heterocycles. The zero-order chi connectivity index (χ0) is 15.7. The maximum atomic E-state index is 12.2. The number of hydrogen-bond donors (Lipinski definition) is 2. The second kappa shape index (κ2) is 5.22. The number of amides is 1. The molecule has 1 aromatic carbocycles. The van der Waals surface area contributed by atoms with Crippen molar-refractivity contribution < 1.29 is 4.79 Å². The summed E-state index contributed by atoms with van der Waals surface area (Å²) in [5.74, 6) is 0.148. The second-order valence-electron chi connectivity index (χ2n) is 6.11. The molecule has 0 saturated carbocycles. The SMILES string of the molecule is CC(C)(C)c1cc(NC(=O)c2cnc3ccccc3n2)n[nH]1. The number of anilines is 1. The van der Waals surface area contributed by atoms with Crippen molar-refractivity contribution in [1.82, 2.24) is 20.2 Å². The average Bonchev–Trinajstić information content (AvgIpc) is 2.95. The second-order valence-corrected chi connectivity index (χ2v) is 6.11. The maximum absolute atomic E-state index is 12.2. The number of carbonyl (C=O) groups is 1. The minimum Gasteiger partial charge on any atom is -0.304 e. The average molecular weight is 295 g/mol. The Bertz CT molecular complexity index is 832. The van der Waals surface area contributed by atoms with Crippen LogP contribution in [0, 0.1) is 0 Å². The first kappa shape index (κ1) is 14.2. The normalized spacial score (nSPS) is 11.6. The van der Waals surface area contributed by atoms with E-state index < -0.39 is 0 Å². The van der Waals surface area contributed by atoms with Crippen molar-refractivity contribution in [3.8, 4) is 0 Å². The fourth-order valence-corrected chi connectivity index (χ4v) is 2.02. The lowest BCUT2D eigenvalue weighted by Gasteiger charge is -2.14. The molecule has 0 fully saturated rings. The highest BCUT2D eigenvalue weighted by atomic mass is 16.2. The first-order valence-electron chi connectivity index (χ1n) is 7.02. The molecule has 0 bridgehead atoms. The Labute approximate surface area is 128 Å². The number of carbonyl (C=O) groups excluding carboxylic acids is 1. The fraction of sp³-hybridized carbons (Fsp3) is 0.250. The summed E-state index contributed by atoms with van der Waals surface area (Å²) in [7, 11) is 0. The molecule has 0 radical (unpaired) electrons. The van der Waals surface area contributed by atoms with Gasteiger partial charge in [0, 0.05) is 17.2 Å². The quantitative estimate of drug-likeness (QED) is 0.761. The van der Waals surface area contributed by atoms with Gasteiger partial charge in [-0.15, -0.1) is 0 Å². The number of aromatic amines is 1. The van der Waals surface area contributed by atoms with Crippen LogP contribution in [0.1, 0.15) is 37.0 Å². The monoisotopic (exact) mass is 295 g/mol.